The highest BCUT2D eigenvalue weighted by Crippen LogP contribution is 2.15. The zero-order valence-electron chi connectivity index (χ0n) is 25.3. The van der Waals surface area contributed by atoms with Crippen LogP contribution in [0.2, 0.25) is 0 Å². The van der Waals surface area contributed by atoms with Crippen LogP contribution in [0.1, 0.15) is 174 Å². The second-order valence-electron chi connectivity index (χ2n) is 11.0. The summed E-state index contributed by atoms with van der Waals surface area (Å²) in [7, 11) is 0. The van der Waals surface area contributed by atoms with Crippen molar-refractivity contribution in [3.63, 3.8) is 0 Å². The van der Waals surface area contributed by atoms with Crippen molar-refractivity contribution in [1.82, 2.24) is 0 Å². The number of hydrogen-bond donors (Lipinski definition) is 1. The molecule has 1 N–H and O–H groups in total. The highest BCUT2D eigenvalue weighted by atomic mass is 16.3. The summed E-state index contributed by atoms with van der Waals surface area (Å²) < 4.78 is 0. The van der Waals surface area contributed by atoms with Crippen LogP contribution in [0.25, 0.3) is 0 Å². The second-order valence-corrected chi connectivity index (χ2v) is 11.0. The molecular weight excluding hydrogens is 448 g/mol. The molecule has 216 valence electrons. The van der Waals surface area contributed by atoms with Gasteiger partial charge in [0.1, 0.15) is 0 Å². The van der Waals surface area contributed by atoms with Gasteiger partial charge in [0.05, 0.1) is 6.10 Å². The number of aliphatic hydroxyl groups is 1. The highest BCUT2D eigenvalue weighted by molar-refractivity contribution is 4.93. The van der Waals surface area contributed by atoms with Crippen molar-refractivity contribution in [2.75, 3.05) is 0 Å². The van der Waals surface area contributed by atoms with Crippen LogP contribution in [0, 0.1) is 0 Å². The maximum Gasteiger partial charge on any atom is 0.0540 e. The Morgan fingerprint density at radius 2 is 0.676 bits per heavy atom. The third-order valence-electron chi connectivity index (χ3n) is 7.23. The molecule has 0 rings (SSSR count). The van der Waals surface area contributed by atoms with E-state index in [4.69, 9.17) is 0 Å². The van der Waals surface area contributed by atoms with Crippen molar-refractivity contribution >= 4 is 0 Å². The highest BCUT2D eigenvalue weighted by Gasteiger charge is 2.03. The third kappa shape index (κ3) is 32.9. The van der Waals surface area contributed by atoms with E-state index in [9.17, 15) is 5.11 Å². The molecule has 0 fully saturated rings. The molecule has 0 saturated heterocycles. The maximum atomic E-state index is 10.2. The van der Waals surface area contributed by atoms with Crippen molar-refractivity contribution in [3.05, 3.63) is 48.6 Å². The minimum absolute atomic E-state index is 0.0659. The number of allylic oxidation sites excluding steroid dienone is 8. The van der Waals surface area contributed by atoms with Gasteiger partial charge in [0.2, 0.25) is 0 Å². The number of aliphatic hydroxyl groups excluding tert-OH is 1. The normalized spacial score (nSPS) is 13.3. The summed E-state index contributed by atoms with van der Waals surface area (Å²) in [4.78, 5) is 0. The number of hydrogen-bond acceptors (Lipinski definition) is 1. The molecule has 1 unspecified atom stereocenters. The molecule has 1 heteroatoms. The molecule has 0 aromatic rings. The molecule has 0 saturated carbocycles. The first kappa shape index (κ1) is 35.9. The molecule has 0 aliphatic carbocycles. The van der Waals surface area contributed by atoms with Gasteiger partial charge in [-0.05, 0) is 77.0 Å². The lowest BCUT2D eigenvalue weighted by molar-refractivity contribution is 0.147. The minimum Gasteiger partial charge on any atom is -0.393 e. The standard InChI is InChI=1S/C36H66O/c1-3-5-7-9-11-13-15-17-19-21-23-25-27-29-31-33-35-36(37)34-32-30-28-26-24-22-20-18-16-14-12-10-8-6-4-2/h11-14,17-20,36-37H,3-10,15-16,21-35H2,1-2H3/b13-11-,14-12-,19-17-,20-18-. The topological polar surface area (TPSA) is 20.2 Å². The van der Waals surface area contributed by atoms with Crippen molar-refractivity contribution < 1.29 is 5.11 Å². The third-order valence-corrected chi connectivity index (χ3v) is 7.23. The van der Waals surface area contributed by atoms with E-state index in [0.717, 1.165) is 25.7 Å². The summed E-state index contributed by atoms with van der Waals surface area (Å²) in [6.45, 7) is 4.52. The molecule has 0 radical (unpaired) electrons. The summed E-state index contributed by atoms with van der Waals surface area (Å²) in [5, 5.41) is 10.2. The van der Waals surface area contributed by atoms with Gasteiger partial charge in [0.15, 0.2) is 0 Å². The van der Waals surface area contributed by atoms with Gasteiger partial charge in [-0.3, -0.25) is 0 Å². The molecule has 0 spiro atoms. The fourth-order valence-corrected chi connectivity index (χ4v) is 4.70. The molecule has 0 aromatic heterocycles. The Hall–Kier alpha value is -1.08. The zero-order valence-corrected chi connectivity index (χ0v) is 25.3. The van der Waals surface area contributed by atoms with Gasteiger partial charge in [0, 0.05) is 0 Å². The molecule has 1 nitrogen and oxygen atoms in total. The zero-order chi connectivity index (χ0) is 26.9. The fourth-order valence-electron chi connectivity index (χ4n) is 4.70. The van der Waals surface area contributed by atoms with Gasteiger partial charge in [0.25, 0.3) is 0 Å². The van der Waals surface area contributed by atoms with Crippen molar-refractivity contribution in [2.24, 2.45) is 0 Å². The van der Waals surface area contributed by atoms with Gasteiger partial charge in [-0.1, -0.05) is 146 Å². The molecule has 0 aromatic carbocycles. The van der Waals surface area contributed by atoms with E-state index in [1.54, 1.807) is 0 Å². The lowest BCUT2D eigenvalue weighted by atomic mass is 10.0. The van der Waals surface area contributed by atoms with Crippen LogP contribution in [0.15, 0.2) is 48.6 Å². The molecule has 0 amide bonds. The van der Waals surface area contributed by atoms with E-state index in [-0.39, 0.29) is 6.10 Å². The number of rotatable bonds is 29. The predicted octanol–water partition coefficient (Wildman–Crippen LogP) is 12.4. The van der Waals surface area contributed by atoms with Crippen molar-refractivity contribution in [2.45, 2.75) is 180 Å². The van der Waals surface area contributed by atoms with Crippen LogP contribution in [0.3, 0.4) is 0 Å². The van der Waals surface area contributed by atoms with Crippen LogP contribution in [-0.2, 0) is 0 Å². The second kappa shape index (κ2) is 32.9. The van der Waals surface area contributed by atoms with E-state index in [0.29, 0.717) is 0 Å². The Morgan fingerprint density at radius 3 is 1.03 bits per heavy atom. The van der Waals surface area contributed by atoms with Crippen LogP contribution < -0.4 is 0 Å². The first-order valence-corrected chi connectivity index (χ1v) is 16.6. The lowest BCUT2D eigenvalue weighted by Crippen LogP contribution is -2.05. The molecule has 0 aliphatic rings. The molecule has 0 aliphatic heterocycles. The van der Waals surface area contributed by atoms with Gasteiger partial charge < -0.3 is 5.11 Å². The first-order valence-electron chi connectivity index (χ1n) is 16.6. The van der Waals surface area contributed by atoms with E-state index in [2.05, 4.69) is 62.5 Å². The van der Waals surface area contributed by atoms with Crippen LogP contribution in [0.5, 0.6) is 0 Å². The van der Waals surface area contributed by atoms with Gasteiger partial charge in [-0.2, -0.15) is 0 Å². The quantitative estimate of drug-likeness (QED) is 0.0777. The Morgan fingerprint density at radius 1 is 0.378 bits per heavy atom. The number of unbranched alkanes of at least 4 members (excludes halogenated alkanes) is 17. The summed E-state index contributed by atoms with van der Waals surface area (Å²) in [6, 6.07) is 0. The largest absolute Gasteiger partial charge is 0.393 e. The Bertz CT molecular complexity index is 527. The average molecular weight is 515 g/mol. The van der Waals surface area contributed by atoms with E-state index in [1.807, 2.05) is 0 Å². The molecule has 0 bridgehead atoms. The summed E-state index contributed by atoms with van der Waals surface area (Å²) in [5.41, 5.74) is 0. The Balaban J connectivity index is 3.30. The Labute approximate surface area is 234 Å². The van der Waals surface area contributed by atoms with Crippen LogP contribution in [-0.4, -0.2) is 11.2 Å². The monoisotopic (exact) mass is 515 g/mol. The van der Waals surface area contributed by atoms with E-state index < -0.39 is 0 Å². The smallest absolute Gasteiger partial charge is 0.0540 e. The van der Waals surface area contributed by atoms with Gasteiger partial charge in [-0.25, -0.2) is 0 Å². The predicted molar refractivity (Wildman–Crippen MR) is 169 cm³/mol. The van der Waals surface area contributed by atoms with Crippen molar-refractivity contribution in [1.29, 1.82) is 0 Å². The van der Waals surface area contributed by atoms with E-state index in [1.165, 1.54) is 135 Å². The maximum absolute atomic E-state index is 10.2. The van der Waals surface area contributed by atoms with Crippen LogP contribution in [0.4, 0.5) is 0 Å². The fraction of sp³-hybridized carbons (Fsp3) is 0.778. The first-order chi connectivity index (χ1) is 18.3. The van der Waals surface area contributed by atoms with Crippen LogP contribution >= 0.6 is 0 Å². The SMILES string of the molecule is CCCCC/C=C\C/C=C\CCCCCCCCC(O)CCCCCCC/C=C\C/C=C\CCCCC. The van der Waals surface area contributed by atoms with Crippen molar-refractivity contribution in [3.8, 4) is 0 Å². The van der Waals surface area contributed by atoms with Gasteiger partial charge >= 0.3 is 0 Å². The molecule has 0 heterocycles. The Kier molecular flexibility index (Phi) is 32.0. The summed E-state index contributed by atoms with van der Waals surface area (Å²) in [6.07, 6.45) is 50.1. The molecule has 37 heavy (non-hydrogen) atoms. The van der Waals surface area contributed by atoms with E-state index >= 15 is 0 Å². The summed E-state index contributed by atoms with van der Waals surface area (Å²) >= 11 is 0. The lowest BCUT2D eigenvalue weighted by Gasteiger charge is -2.10. The summed E-state index contributed by atoms with van der Waals surface area (Å²) in [5.74, 6) is 0. The van der Waals surface area contributed by atoms with Gasteiger partial charge in [-0.15, -0.1) is 0 Å². The minimum atomic E-state index is -0.0659. The molecule has 1 atom stereocenters. The average Bonchev–Trinajstić information content (AvgIpc) is 2.90. The molecular formula is C36H66O.